The van der Waals surface area contributed by atoms with Crippen LogP contribution in [0.25, 0.3) is 6.08 Å². The Balaban J connectivity index is 2.84. The van der Waals surface area contributed by atoms with Gasteiger partial charge in [0, 0.05) is 11.4 Å². The van der Waals surface area contributed by atoms with Crippen LogP contribution >= 0.6 is 11.6 Å². The standard InChI is InChI=1S/C10H11ClN2O/c11-7-1-2-8-3-5-9(6-4-8)10(12)13-14/h1-6,14H,7H2,(H2,12,13). The molecule has 1 aromatic carbocycles. The third-order valence-corrected chi connectivity index (χ3v) is 1.89. The van der Waals surface area contributed by atoms with Crippen LogP contribution < -0.4 is 5.73 Å². The highest BCUT2D eigenvalue weighted by molar-refractivity contribution is 6.19. The first-order chi connectivity index (χ1) is 6.77. The molecule has 0 atom stereocenters. The minimum Gasteiger partial charge on any atom is -0.409 e. The fraction of sp³-hybridized carbons (Fsp3) is 0.100. The Hall–Kier alpha value is -1.48. The van der Waals surface area contributed by atoms with E-state index in [-0.39, 0.29) is 5.84 Å². The Labute approximate surface area is 87.5 Å². The normalized spacial score (nSPS) is 12.2. The number of halogens is 1. The van der Waals surface area contributed by atoms with E-state index in [1.54, 1.807) is 12.1 Å². The van der Waals surface area contributed by atoms with Crippen molar-refractivity contribution in [3.05, 3.63) is 41.5 Å². The third kappa shape index (κ3) is 2.78. The predicted octanol–water partition coefficient (Wildman–Crippen LogP) is 2.03. The summed E-state index contributed by atoms with van der Waals surface area (Å²) in [5, 5.41) is 11.3. The van der Waals surface area contributed by atoms with Crippen LogP contribution in [0.15, 0.2) is 35.5 Å². The van der Waals surface area contributed by atoms with E-state index in [1.807, 2.05) is 24.3 Å². The number of hydrogen-bond acceptors (Lipinski definition) is 2. The molecule has 0 saturated heterocycles. The molecule has 0 aliphatic rings. The van der Waals surface area contributed by atoms with Gasteiger partial charge in [-0.05, 0) is 5.56 Å². The van der Waals surface area contributed by atoms with Gasteiger partial charge in [0.05, 0.1) is 0 Å². The van der Waals surface area contributed by atoms with E-state index in [1.165, 1.54) is 0 Å². The second-order valence-electron chi connectivity index (χ2n) is 2.66. The Morgan fingerprint density at radius 2 is 2.07 bits per heavy atom. The molecule has 0 heterocycles. The molecule has 0 radical (unpaired) electrons. The maximum atomic E-state index is 8.43. The van der Waals surface area contributed by atoms with E-state index in [9.17, 15) is 0 Å². The summed E-state index contributed by atoms with van der Waals surface area (Å²) in [6, 6.07) is 7.30. The first-order valence-electron chi connectivity index (χ1n) is 4.08. The lowest BCUT2D eigenvalue weighted by atomic mass is 10.1. The smallest absolute Gasteiger partial charge is 0.170 e. The number of nitrogens with two attached hydrogens (primary N) is 1. The first-order valence-corrected chi connectivity index (χ1v) is 4.62. The molecule has 0 aliphatic carbocycles. The van der Waals surface area contributed by atoms with Crippen molar-refractivity contribution in [2.45, 2.75) is 0 Å². The summed E-state index contributed by atoms with van der Waals surface area (Å²) in [4.78, 5) is 0. The molecule has 3 nitrogen and oxygen atoms in total. The predicted molar refractivity (Wildman–Crippen MR) is 58.7 cm³/mol. The summed E-state index contributed by atoms with van der Waals surface area (Å²) in [7, 11) is 0. The van der Waals surface area contributed by atoms with Crippen LogP contribution in [0.2, 0.25) is 0 Å². The van der Waals surface area contributed by atoms with Crippen LogP contribution in [0, 0.1) is 0 Å². The van der Waals surface area contributed by atoms with Crippen molar-refractivity contribution < 1.29 is 5.21 Å². The summed E-state index contributed by atoms with van der Waals surface area (Å²) >= 11 is 5.50. The summed E-state index contributed by atoms with van der Waals surface area (Å²) < 4.78 is 0. The fourth-order valence-electron chi connectivity index (χ4n) is 1.00. The van der Waals surface area contributed by atoms with Crippen molar-refractivity contribution in [2.75, 3.05) is 5.88 Å². The van der Waals surface area contributed by atoms with Crippen LogP contribution in [-0.4, -0.2) is 16.9 Å². The molecule has 74 valence electrons. The van der Waals surface area contributed by atoms with Gasteiger partial charge in [-0.3, -0.25) is 0 Å². The second kappa shape index (κ2) is 5.29. The van der Waals surface area contributed by atoms with Crippen molar-refractivity contribution in [1.82, 2.24) is 0 Å². The van der Waals surface area contributed by atoms with Gasteiger partial charge in [0.25, 0.3) is 0 Å². The van der Waals surface area contributed by atoms with Gasteiger partial charge in [-0.25, -0.2) is 0 Å². The zero-order valence-corrected chi connectivity index (χ0v) is 8.28. The average Bonchev–Trinajstić information content (AvgIpc) is 2.26. The van der Waals surface area contributed by atoms with Crippen molar-refractivity contribution in [3.63, 3.8) is 0 Å². The highest BCUT2D eigenvalue weighted by Crippen LogP contribution is 2.06. The van der Waals surface area contributed by atoms with E-state index in [2.05, 4.69) is 5.16 Å². The second-order valence-corrected chi connectivity index (χ2v) is 2.97. The molecule has 0 saturated carbocycles. The molecule has 0 spiro atoms. The Bertz CT molecular complexity index is 344. The average molecular weight is 211 g/mol. The van der Waals surface area contributed by atoms with E-state index in [0.717, 1.165) is 5.56 Å². The van der Waals surface area contributed by atoms with Crippen LogP contribution in [0.1, 0.15) is 11.1 Å². The van der Waals surface area contributed by atoms with Gasteiger partial charge in [-0.2, -0.15) is 0 Å². The van der Waals surface area contributed by atoms with Gasteiger partial charge in [0.15, 0.2) is 5.84 Å². The monoisotopic (exact) mass is 210 g/mol. The van der Waals surface area contributed by atoms with Gasteiger partial charge in [0.2, 0.25) is 0 Å². The molecule has 1 rings (SSSR count). The highest BCUT2D eigenvalue weighted by Gasteiger charge is 1.96. The SMILES string of the molecule is NC(=NO)c1ccc(C=CCCl)cc1. The molecule has 4 heteroatoms. The number of oxime groups is 1. The maximum Gasteiger partial charge on any atom is 0.170 e. The zero-order chi connectivity index (χ0) is 10.4. The lowest BCUT2D eigenvalue weighted by Gasteiger charge is -1.98. The Morgan fingerprint density at radius 1 is 1.43 bits per heavy atom. The molecule has 0 aliphatic heterocycles. The van der Waals surface area contributed by atoms with Crippen LogP contribution in [0.5, 0.6) is 0 Å². The summed E-state index contributed by atoms with van der Waals surface area (Å²) in [5.74, 6) is 0.597. The summed E-state index contributed by atoms with van der Waals surface area (Å²) in [5.41, 5.74) is 7.12. The molecular formula is C10H11ClN2O. The summed E-state index contributed by atoms with van der Waals surface area (Å²) in [6.07, 6.45) is 3.75. The zero-order valence-electron chi connectivity index (χ0n) is 7.52. The quantitative estimate of drug-likeness (QED) is 0.264. The number of allylic oxidation sites excluding steroid dienone is 1. The van der Waals surface area contributed by atoms with E-state index in [0.29, 0.717) is 11.4 Å². The molecule has 14 heavy (non-hydrogen) atoms. The molecule has 0 fully saturated rings. The fourth-order valence-corrected chi connectivity index (χ4v) is 1.09. The lowest BCUT2D eigenvalue weighted by molar-refractivity contribution is 0.318. The topological polar surface area (TPSA) is 58.6 Å². The number of alkyl halides is 1. The van der Waals surface area contributed by atoms with Gasteiger partial charge >= 0.3 is 0 Å². The van der Waals surface area contributed by atoms with Crippen molar-refractivity contribution in [1.29, 1.82) is 0 Å². The molecule has 0 aromatic heterocycles. The molecular weight excluding hydrogens is 200 g/mol. The number of rotatable bonds is 3. The van der Waals surface area contributed by atoms with Gasteiger partial charge in [-0.15, -0.1) is 11.6 Å². The van der Waals surface area contributed by atoms with Gasteiger partial charge < -0.3 is 10.9 Å². The molecule has 0 unspecified atom stereocenters. The van der Waals surface area contributed by atoms with Crippen LogP contribution in [0.3, 0.4) is 0 Å². The minimum absolute atomic E-state index is 0.109. The molecule has 1 aromatic rings. The Morgan fingerprint density at radius 3 is 2.57 bits per heavy atom. The first kappa shape index (κ1) is 10.6. The van der Waals surface area contributed by atoms with Crippen molar-refractivity contribution in [2.24, 2.45) is 10.9 Å². The number of benzene rings is 1. The number of nitrogens with zero attached hydrogens (tertiary/aromatic N) is 1. The lowest BCUT2D eigenvalue weighted by Crippen LogP contribution is -2.12. The summed E-state index contributed by atoms with van der Waals surface area (Å²) in [6.45, 7) is 0. The minimum atomic E-state index is 0.109. The van der Waals surface area contributed by atoms with Crippen molar-refractivity contribution >= 4 is 23.5 Å². The highest BCUT2D eigenvalue weighted by atomic mass is 35.5. The molecule has 3 N–H and O–H groups in total. The van der Waals surface area contributed by atoms with Gasteiger partial charge in [-0.1, -0.05) is 41.6 Å². The largest absolute Gasteiger partial charge is 0.409 e. The van der Waals surface area contributed by atoms with Gasteiger partial charge in [0.1, 0.15) is 0 Å². The maximum absolute atomic E-state index is 8.43. The van der Waals surface area contributed by atoms with E-state index in [4.69, 9.17) is 22.5 Å². The number of amidine groups is 1. The number of hydrogen-bond donors (Lipinski definition) is 2. The Kier molecular flexibility index (Phi) is 4.01. The van der Waals surface area contributed by atoms with Crippen LogP contribution in [0.4, 0.5) is 0 Å². The van der Waals surface area contributed by atoms with Crippen molar-refractivity contribution in [3.8, 4) is 0 Å². The third-order valence-electron chi connectivity index (χ3n) is 1.71. The van der Waals surface area contributed by atoms with Crippen LogP contribution in [-0.2, 0) is 0 Å². The molecule has 0 amide bonds. The van der Waals surface area contributed by atoms with E-state index >= 15 is 0 Å². The van der Waals surface area contributed by atoms with E-state index < -0.39 is 0 Å². The molecule has 0 bridgehead atoms.